The summed E-state index contributed by atoms with van der Waals surface area (Å²) in [6.07, 6.45) is 11.2. The van der Waals surface area contributed by atoms with Crippen LogP contribution in [0.15, 0.2) is 103 Å². The third kappa shape index (κ3) is 8.56. The van der Waals surface area contributed by atoms with Crippen LogP contribution in [-0.2, 0) is 15.2 Å². The van der Waals surface area contributed by atoms with Crippen LogP contribution in [0.25, 0.3) is 0 Å². The molecule has 1 heterocycles. The van der Waals surface area contributed by atoms with Crippen molar-refractivity contribution < 1.29 is 19.1 Å². The van der Waals surface area contributed by atoms with Gasteiger partial charge in [-0.05, 0) is 18.9 Å². The Balaban J connectivity index is 1.33. The molecule has 0 bridgehead atoms. The SMILES string of the molecule is C=CC(=O)OCCCCCCCCCCCOc1ccccc1C1(c2ccccc2)N=C(c2ccccc2)NC(=O)N1. The number of hydrogen-bond donors (Lipinski definition) is 2. The van der Waals surface area contributed by atoms with Gasteiger partial charge in [0.1, 0.15) is 11.6 Å². The van der Waals surface area contributed by atoms with Crippen molar-refractivity contribution in [2.24, 2.45) is 4.99 Å². The van der Waals surface area contributed by atoms with E-state index in [-0.39, 0.29) is 12.0 Å². The minimum atomic E-state index is -1.14. The van der Waals surface area contributed by atoms with E-state index in [0.717, 1.165) is 48.8 Å². The number of amidine groups is 1. The molecule has 0 saturated carbocycles. The third-order valence-electron chi connectivity index (χ3n) is 7.28. The molecule has 3 aromatic rings. The first-order valence-corrected chi connectivity index (χ1v) is 14.9. The van der Waals surface area contributed by atoms with Gasteiger partial charge in [-0.1, -0.05) is 130 Å². The highest BCUT2D eigenvalue weighted by molar-refractivity contribution is 6.09. The van der Waals surface area contributed by atoms with Gasteiger partial charge in [0, 0.05) is 22.8 Å². The Labute approximate surface area is 249 Å². The predicted octanol–water partition coefficient (Wildman–Crippen LogP) is 7.27. The number of rotatable bonds is 17. The first kappa shape index (κ1) is 30.6. The molecule has 42 heavy (non-hydrogen) atoms. The fraction of sp³-hybridized carbons (Fsp3) is 0.343. The number of para-hydroxylation sites is 1. The number of unbranched alkanes of at least 4 members (excludes halogenated alkanes) is 8. The van der Waals surface area contributed by atoms with Crippen LogP contribution in [0, 0.1) is 0 Å². The van der Waals surface area contributed by atoms with Crippen molar-refractivity contribution in [2.75, 3.05) is 13.2 Å². The molecule has 0 aliphatic carbocycles. The Morgan fingerprint density at radius 3 is 2.00 bits per heavy atom. The van der Waals surface area contributed by atoms with Crippen molar-refractivity contribution in [3.63, 3.8) is 0 Å². The van der Waals surface area contributed by atoms with E-state index in [9.17, 15) is 9.59 Å². The smallest absolute Gasteiger partial charge is 0.330 e. The Kier molecular flexibility index (Phi) is 11.8. The molecule has 0 saturated heterocycles. The van der Waals surface area contributed by atoms with Crippen molar-refractivity contribution in [3.8, 4) is 5.75 Å². The van der Waals surface area contributed by atoms with Crippen LogP contribution in [0.2, 0.25) is 0 Å². The van der Waals surface area contributed by atoms with Gasteiger partial charge >= 0.3 is 12.0 Å². The molecule has 4 rings (SSSR count). The quantitative estimate of drug-likeness (QED) is 0.102. The van der Waals surface area contributed by atoms with Crippen molar-refractivity contribution in [1.82, 2.24) is 10.6 Å². The molecule has 1 aliphatic heterocycles. The number of amides is 2. The number of nitrogens with one attached hydrogen (secondary N) is 2. The molecule has 1 aliphatic rings. The van der Waals surface area contributed by atoms with E-state index in [4.69, 9.17) is 14.5 Å². The van der Waals surface area contributed by atoms with Crippen LogP contribution >= 0.6 is 0 Å². The summed E-state index contributed by atoms with van der Waals surface area (Å²) in [5.41, 5.74) is 1.33. The number of carbonyl (C=O) groups excluding carboxylic acids is 2. The highest BCUT2D eigenvalue weighted by atomic mass is 16.5. The Bertz CT molecular complexity index is 1330. The molecular weight excluding hydrogens is 526 g/mol. The topological polar surface area (TPSA) is 89.0 Å². The van der Waals surface area contributed by atoms with E-state index >= 15 is 0 Å². The van der Waals surface area contributed by atoms with Crippen LogP contribution in [0.5, 0.6) is 5.75 Å². The molecule has 2 N–H and O–H groups in total. The second kappa shape index (κ2) is 16.2. The summed E-state index contributed by atoms with van der Waals surface area (Å²) in [5, 5.41) is 6.00. The summed E-state index contributed by atoms with van der Waals surface area (Å²) in [4.78, 5) is 29.2. The van der Waals surface area contributed by atoms with E-state index in [2.05, 4.69) is 17.2 Å². The summed E-state index contributed by atoms with van der Waals surface area (Å²) in [6, 6.07) is 27.0. The maximum Gasteiger partial charge on any atom is 0.330 e. The van der Waals surface area contributed by atoms with Crippen LogP contribution in [0.4, 0.5) is 4.79 Å². The average Bonchev–Trinajstić information content (AvgIpc) is 3.03. The standard InChI is InChI=1S/C35H41N3O4/c1-2-32(39)42-27-19-9-7-5-3-4-6-8-18-26-41-31-25-17-16-24-30(31)35(29-22-14-11-15-23-29)37-33(36-34(40)38-35)28-20-12-10-13-21-28/h2,10-17,20-25H,1,3-9,18-19,26-27H2,(H2,36,37,38,40). The zero-order valence-electron chi connectivity index (χ0n) is 24.2. The molecule has 220 valence electrons. The number of nitrogens with zero attached hydrogens (tertiary/aromatic N) is 1. The van der Waals surface area contributed by atoms with Gasteiger partial charge in [0.15, 0.2) is 5.66 Å². The van der Waals surface area contributed by atoms with Crippen LogP contribution in [0.3, 0.4) is 0 Å². The zero-order valence-corrected chi connectivity index (χ0v) is 24.2. The Hall–Kier alpha value is -4.39. The van der Waals surface area contributed by atoms with Crippen molar-refractivity contribution in [2.45, 2.75) is 63.5 Å². The van der Waals surface area contributed by atoms with Crippen molar-refractivity contribution in [3.05, 3.63) is 114 Å². The molecule has 0 radical (unpaired) electrons. The molecule has 1 unspecified atom stereocenters. The van der Waals surface area contributed by atoms with Gasteiger partial charge in [0.05, 0.1) is 13.2 Å². The van der Waals surface area contributed by atoms with Crippen LogP contribution in [-0.4, -0.2) is 31.0 Å². The fourth-order valence-corrected chi connectivity index (χ4v) is 5.11. The average molecular weight is 568 g/mol. The molecular formula is C35H41N3O4. The molecule has 7 nitrogen and oxygen atoms in total. The summed E-state index contributed by atoms with van der Waals surface area (Å²) in [7, 11) is 0. The number of urea groups is 1. The monoisotopic (exact) mass is 567 g/mol. The summed E-state index contributed by atoms with van der Waals surface area (Å²) >= 11 is 0. The largest absolute Gasteiger partial charge is 0.493 e. The summed E-state index contributed by atoms with van der Waals surface area (Å²) in [6.45, 7) is 4.47. The number of aliphatic imine (C=N–C) groups is 1. The maximum atomic E-state index is 13.1. The molecule has 7 heteroatoms. The highest BCUT2D eigenvalue weighted by Crippen LogP contribution is 2.38. The first-order valence-electron chi connectivity index (χ1n) is 14.9. The Morgan fingerprint density at radius 2 is 1.33 bits per heavy atom. The number of benzene rings is 3. The van der Waals surface area contributed by atoms with Gasteiger partial charge in [-0.25, -0.2) is 14.6 Å². The van der Waals surface area contributed by atoms with Gasteiger partial charge in [0.2, 0.25) is 0 Å². The second-order valence-electron chi connectivity index (χ2n) is 10.4. The predicted molar refractivity (Wildman–Crippen MR) is 167 cm³/mol. The molecule has 2 amide bonds. The number of esters is 1. The van der Waals surface area contributed by atoms with Crippen molar-refractivity contribution in [1.29, 1.82) is 0 Å². The van der Waals surface area contributed by atoms with Gasteiger partial charge in [-0.15, -0.1) is 0 Å². The van der Waals surface area contributed by atoms with Crippen molar-refractivity contribution >= 4 is 17.8 Å². The van der Waals surface area contributed by atoms with E-state index in [1.165, 1.54) is 31.8 Å². The lowest BCUT2D eigenvalue weighted by molar-refractivity contribution is -0.137. The number of carbonyl (C=O) groups is 2. The molecule has 1 atom stereocenters. The molecule has 0 fully saturated rings. The van der Waals surface area contributed by atoms with E-state index in [1.54, 1.807) is 0 Å². The summed E-state index contributed by atoms with van der Waals surface area (Å²) < 4.78 is 11.3. The normalized spacial score (nSPS) is 16.1. The first-order chi connectivity index (χ1) is 20.6. The summed E-state index contributed by atoms with van der Waals surface area (Å²) in [5.74, 6) is 0.870. The van der Waals surface area contributed by atoms with E-state index in [0.29, 0.717) is 24.8 Å². The zero-order chi connectivity index (χ0) is 29.5. The van der Waals surface area contributed by atoms with Gasteiger partial charge in [-0.3, -0.25) is 5.32 Å². The lowest BCUT2D eigenvalue weighted by Gasteiger charge is -2.37. The maximum absolute atomic E-state index is 13.1. The molecule has 3 aromatic carbocycles. The lowest BCUT2D eigenvalue weighted by atomic mass is 9.90. The number of hydrogen-bond acceptors (Lipinski definition) is 5. The fourth-order valence-electron chi connectivity index (χ4n) is 5.11. The minimum Gasteiger partial charge on any atom is -0.493 e. The lowest BCUT2D eigenvalue weighted by Crippen LogP contribution is -2.56. The second-order valence-corrected chi connectivity index (χ2v) is 10.4. The number of ether oxygens (including phenoxy) is 2. The van der Waals surface area contributed by atoms with Gasteiger partial charge in [-0.2, -0.15) is 0 Å². The van der Waals surface area contributed by atoms with Gasteiger partial charge < -0.3 is 14.8 Å². The van der Waals surface area contributed by atoms with Crippen LogP contribution < -0.4 is 15.4 Å². The Morgan fingerprint density at radius 1 is 0.762 bits per heavy atom. The minimum absolute atomic E-state index is 0.321. The highest BCUT2D eigenvalue weighted by Gasteiger charge is 2.41. The molecule has 0 aromatic heterocycles. The van der Waals surface area contributed by atoms with E-state index in [1.807, 2.05) is 84.9 Å². The molecule has 0 spiro atoms. The van der Waals surface area contributed by atoms with Crippen LogP contribution in [0.1, 0.15) is 74.5 Å². The van der Waals surface area contributed by atoms with Gasteiger partial charge in [0.25, 0.3) is 0 Å². The van der Waals surface area contributed by atoms with E-state index < -0.39 is 5.66 Å². The third-order valence-corrected chi connectivity index (χ3v) is 7.28.